The fourth-order valence-corrected chi connectivity index (χ4v) is 5.33. The standard InChI is InChI=1S/C21H23ClN4O5S/c1-4-25(5-2)32(30,31)18-12-14(8-10-16(18)22)23-19(27)13-7-9-15-17(11-13)24-21(29)26(6-3)20(15)28/h7-12H,4-6H2,1-3H3,(H,23,27)(H,24,29). The molecule has 3 rings (SSSR count). The number of fused-ring (bicyclic) bond motifs is 1. The largest absolute Gasteiger partial charge is 0.328 e. The molecule has 0 aliphatic carbocycles. The lowest BCUT2D eigenvalue weighted by atomic mass is 10.1. The van der Waals surface area contributed by atoms with Crippen LogP contribution >= 0.6 is 11.6 Å². The van der Waals surface area contributed by atoms with E-state index in [0.717, 1.165) is 4.57 Å². The maximum Gasteiger partial charge on any atom is 0.328 e. The van der Waals surface area contributed by atoms with E-state index in [2.05, 4.69) is 10.3 Å². The van der Waals surface area contributed by atoms with Crippen LogP contribution in [0.3, 0.4) is 0 Å². The van der Waals surface area contributed by atoms with Gasteiger partial charge in [-0.05, 0) is 43.3 Å². The van der Waals surface area contributed by atoms with E-state index in [1.807, 2.05) is 0 Å². The number of carbonyl (C=O) groups is 1. The van der Waals surface area contributed by atoms with Crippen molar-refractivity contribution in [2.24, 2.45) is 0 Å². The monoisotopic (exact) mass is 478 g/mol. The van der Waals surface area contributed by atoms with E-state index < -0.39 is 27.2 Å². The van der Waals surface area contributed by atoms with Crippen molar-refractivity contribution in [1.29, 1.82) is 0 Å². The lowest BCUT2D eigenvalue weighted by Crippen LogP contribution is -2.34. The van der Waals surface area contributed by atoms with Crippen LogP contribution in [0.1, 0.15) is 31.1 Å². The number of halogens is 1. The third-order valence-corrected chi connectivity index (χ3v) is 7.60. The lowest BCUT2D eigenvalue weighted by Gasteiger charge is -2.19. The topological polar surface area (TPSA) is 121 Å². The first-order valence-corrected chi connectivity index (χ1v) is 11.8. The summed E-state index contributed by atoms with van der Waals surface area (Å²) < 4.78 is 28.0. The van der Waals surface area contributed by atoms with Crippen LogP contribution in [0.4, 0.5) is 5.69 Å². The summed E-state index contributed by atoms with van der Waals surface area (Å²) in [5, 5.41) is 2.96. The third-order valence-electron chi connectivity index (χ3n) is 5.07. The van der Waals surface area contributed by atoms with Crippen molar-refractivity contribution in [3.63, 3.8) is 0 Å². The molecule has 1 amide bonds. The van der Waals surface area contributed by atoms with Crippen LogP contribution in [-0.2, 0) is 16.6 Å². The number of nitrogens with one attached hydrogen (secondary N) is 2. The average molecular weight is 479 g/mol. The van der Waals surface area contributed by atoms with Crippen LogP contribution in [0, 0.1) is 0 Å². The second-order valence-electron chi connectivity index (χ2n) is 6.93. The third kappa shape index (κ3) is 4.34. The molecule has 11 heteroatoms. The van der Waals surface area contributed by atoms with Gasteiger partial charge < -0.3 is 10.3 Å². The van der Waals surface area contributed by atoms with Crippen LogP contribution in [0.5, 0.6) is 0 Å². The number of hydrogen-bond donors (Lipinski definition) is 2. The molecule has 1 aromatic heterocycles. The molecule has 32 heavy (non-hydrogen) atoms. The van der Waals surface area contributed by atoms with E-state index in [4.69, 9.17) is 11.6 Å². The summed E-state index contributed by atoms with van der Waals surface area (Å²) in [5.74, 6) is -0.541. The number of hydrogen-bond acceptors (Lipinski definition) is 5. The summed E-state index contributed by atoms with van der Waals surface area (Å²) in [6, 6.07) is 8.52. The first-order chi connectivity index (χ1) is 15.1. The zero-order chi connectivity index (χ0) is 23.6. The van der Waals surface area contributed by atoms with Gasteiger partial charge in [0.15, 0.2) is 0 Å². The number of aromatic amines is 1. The molecule has 0 bridgehead atoms. The number of carbonyl (C=O) groups excluding carboxylic acids is 1. The number of rotatable bonds is 7. The van der Waals surface area contributed by atoms with Crippen LogP contribution in [0.2, 0.25) is 5.02 Å². The Labute approximate surface area is 189 Å². The molecule has 0 atom stereocenters. The normalized spacial score (nSPS) is 11.8. The fraction of sp³-hybridized carbons (Fsp3) is 0.286. The van der Waals surface area contributed by atoms with Gasteiger partial charge in [0.2, 0.25) is 10.0 Å². The number of aromatic nitrogens is 2. The quantitative estimate of drug-likeness (QED) is 0.540. The molecule has 3 aromatic rings. The average Bonchev–Trinajstić information content (AvgIpc) is 2.75. The molecule has 0 saturated carbocycles. The van der Waals surface area contributed by atoms with E-state index in [9.17, 15) is 22.8 Å². The van der Waals surface area contributed by atoms with Crippen LogP contribution in [0.25, 0.3) is 10.9 Å². The molecule has 0 radical (unpaired) electrons. The van der Waals surface area contributed by atoms with Crippen molar-refractivity contribution in [2.75, 3.05) is 18.4 Å². The Hall–Kier alpha value is -2.95. The lowest BCUT2D eigenvalue weighted by molar-refractivity contribution is 0.102. The van der Waals surface area contributed by atoms with Crippen molar-refractivity contribution >= 4 is 44.1 Å². The molecule has 0 saturated heterocycles. The highest BCUT2D eigenvalue weighted by Gasteiger charge is 2.25. The molecule has 9 nitrogen and oxygen atoms in total. The minimum Gasteiger partial charge on any atom is -0.322 e. The molecule has 170 valence electrons. The number of amides is 1. The zero-order valence-electron chi connectivity index (χ0n) is 17.8. The predicted molar refractivity (Wildman–Crippen MR) is 124 cm³/mol. The molecule has 0 aliphatic rings. The van der Waals surface area contributed by atoms with E-state index >= 15 is 0 Å². The van der Waals surface area contributed by atoms with Gasteiger partial charge in [-0.25, -0.2) is 13.2 Å². The van der Waals surface area contributed by atoms with E-state index in [1.54, 1.807) is 20.8 Å². The highest BCUT2D eigenvalue weighted by molar-refractivity contribution is 7.89. The van der Waals surface area contributed by atoms with Gasteiger partial charge in [-0.3, -0.25) is 14.2 Å². The highest BCUT2D eigenvalue weighted by atomic mass is 35.5. The Bertz CT molecular complexity index is 1410. The summed E-state index contributed by atoms with van der Waals surface area (Å²) in [6.45, 7) is 5.91. The summed E-state index contributed by atoms with van der Waals surface area (Å²) in [4.78, 5) is 39.7. The maximum atomic E-state index is 12.8. The van der Waals surface area contributed by atoms with Crippen LogP contribution < -0.4 is 16.6 Å². The van der Waals surface area contributed by atoms with E-state index in [0.29, 0.717) is 0 Å². The Kier molecular flexibility index (Phi) is 6.87. The van der Waals surface area contributed by atoms with Crippen molar-refractivity contribution < 1.29 is 13.2 Å². The molecule has 0 aliphatic heterocycles. The van der Waals surface area contributed by atoms with Crippen LogP contribution in [-0.4, -0.2) is 41.3 Å². The molecule has 2 N–H and O–H groups in total. The van der Waals surface area contributed by atoms with Crippen molar-refractivity contribution in [2.45, 2.75) is 32.2 Å². The van der Waals surface area contributed by atoms with Gasteiger partial charge in [0.05, 0.1) is 15.9 Å². The van der Waals surface area contributed by atoms with Crippen molar-refractivity contribution in [3.8, 4) is 0 Å². The zero-order valence-corrected chi connectivity index (χ0v) is 19.4. The summed E-state index contributed by atoms with van der Waals surface area (Å²) in [6.07, 6.45) is 0. The molecule has 2 aromatic carbocycles. The Balaban J connectivity index is 1.96. The molecule has 1 heterocycles. The SMILES string of the molecule is CCN(CC)S(=O)(=O)c1cc(NC(=O)c2ccc3c(=O)n(CC)c(=O)[nH]c3c2)ccc1Cl. The number of benzene rings is 2. The Morgan fingerprint density at radius 3 is 2.41 bits per heavy atom. The van der Waals surface area contributed by atoms with Gasteiger partial charge in [-0.15, -0.1) is 0 Å². The second-order valence-corrected chi connectivity index (χ2v) is 9.24. The predicted octanol–water partition coefficient (Wildman–Crippen LogP) is 2.65. The first-order valence-electron chi connectivity index (χ1n) is 10.0. The molecular weight excluding hydrogens is 456 g/mol. The van der Waals surface area contributed by atoms with Gasteiger partial charge >= 0.3 is 5.69 Å². The minimum absolute atomic E-state index is 0.0467. The summed E-state index contributed by atoms with van der Waals surface area (Å²) in [7, 11) is -3.83. The molecular formula is C21H23ClN4O5S. The number of sulfonamides is 1. The first kappa shape index (κ1) is 23.7. The smallest absolute Gasteiger partial charge is 0.322 e. The van der Waals surface area contributed by atoms with Crippen molar-refractivity contribution in [3.05, 3.63) is 67.8 Å². The molecule has 0 unspecified atom stereocenters. The Morgan fingerprint density at radius 1 is 1.09 bits per heavy atom. The maximum absolute atomic E-state index is 12.8. The van der Waals surface area contributed by atoms with Gasteiger partial charge in [-0.2, -0.15) is 4.31 Å². The molecule has 0 spiro atoms. The van der Waals surface area contributed by atoms with Gasteiger partial charge in [-0.1, -0.05) is 25.4 Å². The second kappa shape index (κ2) is 9.27. The van der Waals surface area contributed by atoms with Gasteiger partial charge in [0.25, 0.3) is 11.5 Å². The Morgan fingerprint density at radius 2 is 1.78 bits per heavy atom. The number of anilines is 1. The van der Waals surface area contributed by atoms with E-state index in [1.165, 1.54) is 40.7 Å². The minimum atomic E-state index is -3.83. The van der Waals surface area contributed by atoms with Gasteiger partial charge in [0.1, 0.15) is 4.90 Å². The van der Waals surface area contributed by atoms with E-state index in [-0.39, 0.29) is 51.7 Å². The summed E-state index contributed by atoms with van der Waals surface area (Å²) >= 11 is 6.13. The number of nitrogens with zero attached hydrogens (tertiary/aromatic N) is 2. The van der Waals surface area contributed by atoms with Crippen molar-refractivity contribution in [1.82, 2.24) is 13.9 Å². The van der Waals surface area contributed by atoms with Crippen LogP contribution in [0.15, 0.2) is 50.9 Å². The fourth-order valence-electron chi connectivity index (χ4n) is 3.37. The summed E-state index contributed by atoms with van der Waals surface area (Å²) in [5.41, 5.74) is -0.350. The molecule has 0 fully saturated rings. The highest BCUT2D eigenvalue weighted by Crippen LogP contribution is 2.28. The van der Waals surface area contributed by atoms with Gasteiger partial charge in [0, 0.05) is 30.9 Å². The number of H-pyrrole nitrogens is 1.